The topological polar surface area (TPSA) is 69.9 Å². The number of rotatable bonds is 6. The van der Waals surface area contributed by atoms with E-state index in [0.29, 0.717) is 48.0 Å². The van der Waals surface area contributed by atoms with Crippen LogP contribution in [-0.4, -0.2) is 17.6 Å². The van der Waals surface area contributed by atoms with Crippen LogP contribution in [0.3, 0.4) is 0 Å². The Balaban J connectivity index is 1.48. The molecule has 0 amide bonds. The first-order chi connectivity index (χ1) is 18.7. The SMILES string of the molecule is COC(=O)C1=C(C)N=c2s/c(=C\c3ccc(OCc4ccc(Cl)cc4Cl)cc3)c(=O)n2[C@H]1c1ccc(Cl)cc1. The van der Waals surface area contributed by atoms with Gasteiger partial charge in [0, 0.05) is 20.6 Å². The van der Waals surface area contributed by atoms with Gasteiger partial charge in [-0.25, -0.2) is 9.79 Å². The molecule has 1 aliphatic rings. The minimum atomic E-state index is -0.691. The first-order valence-corrected chi connectivity index (χ1v) is 13.7. The zero-order valence-electron chi connectivity index (χ0n) is 20.8. The second-order valence-corrected chi connectivity index (χ2v) is 11.0. The average molecular weight is 600 g/mol. The van der Waals surface area contributed by atoms with Gasteiger partial charge in [0.25, 0.3) is 5.56 Å². The summed E-state index contributed by atoms with van der Waals surface area (Å²) in [6, 6.07) is 19.0. The highest BCUT2D eigenvalue weighted by Gasteiger charge is 2.33. The number of fused-ring (bicyclic) bond motifs is 1. The summed E-state index contributed by atoms with van der Waals surface area (Å²) in [4.78, 5) is 31.5. The van der Waals surface area contributed by atoms with Crippen LogP contribution in [0.4, 0.5) is 0 Å². The third-order valence-corrected chi connectivity index (χ3v) is 8.02. The predicted octanol–water partition coefficient (Wildman–Crippen LogP) is 5.95. The third kappa shape index (κ3) is 5.68. The molecule has 0 aliphatic carbocycles. The van der Waals surface area contributed by atoms with Crippen LogP contribution in [-0.2, 0) is 16.1 Å². The number of nitrogens with zero attached hydrogens (tertiary/aromatic N) is 2. The summed E-state index contributed by atoms with van der Waals surface area (Å²) in [6.07, 6.45) is 1.79. The molecule has 0 fully saturated rings. The van der Waals surface area contributed by atoms with Gasteiger partial charge in [-0.05, 0) is 60.5 Å². The fourth-order valence-electron chi connectivity index (χ4n) is 4.26. The maximum Gasteiger partial charge on any atom is 0.338 e. The second kappa shape index (κ2) is 11.4. The van der Waals surface area contributed by atoms with Crippen molar-refractivity contribution in [3.63, 3.8) is 0 Å². The lowest BCUT2D eigenvalue weighted by atomic mass is 9.96. The number of allylic oxidation sites excluding steroid dienone is 1. The zero-order valence-corrected chi connectivity index (χ0v) is 23.9. The fraction of sp³-hybridized carbons (Fsp3) is 0.138. The van der Waals surface area contributed by atoms with Crippen molar-refractivity contribution in [2.24, 2.45) is 4.99 Å². The van der Waals surface area contributed by atoms with Crippen LogP contribution in [0.5, 0.6) is 5.75 Å². The van der Waals surface area contributed by atoms with E-state index in [-0.39, 0.29) is 5.56 Å². The average Bonchev–Trinajstić information content (AvgIpc) is 3.22. The molecule has 1 atom stereocenters. The number of esters is 1. The molecule has 0 saturated heterocycles. The molecule has 2 heterocycles. The maximum absolute atomic E-state index is 13.6. The van der Waals surface area contributed by atoms with Crippen LogP contribution in [0.25, 0.3) is 6.08 Å². The highest BCUT2D eigenvalue weighted by atomic mass is 35.5. The summed E-state index contributed by atoms with van der Waals surface area (Å²) >= 11 is 19.5. The fourth-order valence-corrected chi connectivity index (χ4v) is 5.90. The van der Waals surface area contributed by atoms with Crippen molar-refractivity contribution in [2.75, 3.05) is 7.11 Å². The highest BCUT2D eigenvalue weighted by molar-refractivity contribution is 7.07. The molecule has 3 aromatic carbocycles. The summed E-state index contributed by atoms with van der Waals surface area (Å²) in [5, 5.41) is 1.65. The zero-order chi connectivity index (χ0) is 27.7. The Morgan fingerprint density at radius 3 is 2.38 bits per heavy atom. The molecule has 0 unspecified atom stereocenters. The van der Waals surface area contributed by atoms with E-state index < -0.39 is 12.0 Å². The summed E-state index contributed by atoms with van der Waals surface area (Å²) in [6.45, 7) is 2.03. The van der Waals surface area contributed by atoms with Gasteiger partial charge in [0.1, 0.15) is 12.4 Å². The van der Waals surface area contributed by atoms with Crippen molar-refractivity contribution in [1.82, 2.24) is 4.57 Å². The molecule has 6 nitrogen and oxygen atoms in total. The number of hydrogen-bond acceptors (Lipinski definition) is 6. The Labute approximate surface area is 243 Å². The number of methoxy groups -OCH3 is 1. The van der Waals surface area contributed by atoms with Gasteiger partial charge in [-0.2, -0.15) is 0 Å². The normalized spacial score (nSPS) is 15.1. The monoisotopic (exact) mass is 598 g/mol. The van der Waals surface area contributed by atoms with E-state index in [1.165, 1.54) is 23.0 Å². The first kappa shape index (κ1) is 27.2. The summed E-state index contributed by atoms with van der Waals surface area (Å²) in [7, 11) is 1.31. The molecule has 1 aromatic heterocycles. The van der Waals surface area contributed by atoms with E-state index >= 15 is 0 Å². The number of halogens is 3. The van der Waals surface area contributed by atoms with E-state index in [9.17, 15) is 9.59 Å². The molecule has 4 aromatic rings. The Hall–Kier alpha value is -3.36. The van der Waals surface area contributed by atoms with E-state index in [2.05, 4.69) is 4.99 Å². The van der Waals surface area contributed by atoms with Gasteiger partial charge in [-0.1, -0.05) is 76.5 Å². The lowest BCUT2D eigenvalue weighted by Crippen LogP contribution is -2.39. The molecular weight excluding hydrogens is 579 g/mol. The van der Waals surface area contributed by atoms with Crippen molar-refractivity contribution in [1.29, 1.82) is 0 Å². The van der Waals surface area contributed by atoms with Crippen LogP contribution in [0.2, 0.25) is 15.1 Å². The number of carbonyl (C=O) groups is 1. The minimum Gasteiger partial charge on any atom is -0.489 e. The molecule has 39 heavy (non-hydrogen) atoms. The van der Waals surface area contributed by atoms with E-state index in [0.717, 1.165) is 16.7 Å². The Bertz CT molecular complexity index is 1780. The summed E-state index contributed by atoms with van der Waals surface area (Å²) in [5.74, 6) is 0.113. The molecule has 0 bridgehead atoms. The molecule has 0 saturated carbocycles. The summed E-state index contributed by atoms with van der Waals surface area (Å²) < 4.78 is 12.9. The molecule has 198 valence electrons. The minimum absolute atomic E-state index is 0.259. The van der Waals surface area contributed by atoms with E-state index in [1.54, 1.807) is 49.4 Å². The third-order valence-electron chi connectivity index (χ3n) is 6.20. The quantitative estimate of drug-likeness (QED) is 0.257. The maximum atomic E-state index is 13.6. The van der Waals surface area contributed by atoms with Crippen molar-refractivity contribution < 1.29 is 14.3 Å². The van der Waals surface area contributed by atoms with Crippen LogP contribution in [0.15, 0.2) is 87.8 Å². The molecule has 10 heteroatoms. The Morgan fingerprint density at radius 1 is 1.03 bits per heavy atom. The lowest BCUT2D eigenvalue weighted by Gasteiger charge is -2.24. The molecule has 1 aliphatic heterocycles. The van der Waals surface area contributed by atoms with Crippen LogP contribution in [0, 0.1) is 0 Å². The molecule has 5 rings (SSSR count). The van der Waals surface area contributed by atoms with Crippen molar-refractivity contribution in [2.45, 2.75) is 19.6 Å². The van der Waals surface area contributed by atoms with Gasteiger partial charge in [0.2, 0.25) is 0 Å². The molecular formula is C29H21Cl3N2O4S. The number of thiazole rings is 1. The van der Waals surface area contributed by atoms with Crippen molar-refractivity contribution in [3.8, 4) is 5.75 Å². The number of ether oxygens (including phenoxy) is 2. The van der Waals surface area contributed by atoms with E-state index in [1.807, 2.05) is 30.3 Å². The largest absolute Gasteiger partial charge is 0.489 e. The van der Waals surface area contributed by atoms with Crippen molar-refractivity contribution >= 4 is 58.2 Å². The van der Waals surface area contributed by atoms with Crippen molar-refractivity contribution in [3.05, 3.63) is 129 Å². The van der Waals surface area contributed by atoms with Crippen LogP contribution >= 0.6 is 46.1 Å². The van der Waals surface area contributed by atoms with Crippen LogP contribution < -0.4 is 19.6 Å². The first-order valence-electron chi connectivity index (χ1n) is 11.8. The van der Waals surface area contributed by atoms with Gasteiger partial charge < -0.3 is 9.47 Å². The predicted molar refractivity (Wildman–Crippen MR) is 154 cm³/mol. The van der Waals surface area contributed by atoms with Crippen LogP contribution in [0.1, 0.15) is 29.7 Å². The Kier molecular flexibility index (Phi) is 7.96. The smallest absolute Gasteiger partial charge is 0.338 e. The van der Waals surface area contributed by atoms with Gasteiger partial charge in [-0.3, -0.25) is 9.36 Å². The number of aromatic nitrogens is 1. The summed E-state index contributed by atoms with van der Waals surface area (Å²) in [5.41, 5.74) is 2.90. The molecule has 0 radical (unpaired) electrons. The standard InChI is InChI=1S/C29H21Cl3N2O4S/c1-16-25(28(36)37-2)26(18-5-8-20(30)9-6-18)34-27(35)24(39-29(34)33-16)13-17-3-11-22(12-4-17)38-15-19-7-10-21(31)14-23(19)32/h3-14,26H,15H2,1-2H3/b24-13-/t26-/m0/s1. The van der Waals surface area contributed by atoms with Gasteiger partial charge in [0.05, 0.1) is 29.0 Å². The van der Waals surface area contributed by atoms with Gasteiger partial charge >= 0.3 is 5.97 Å². The van der Waals surface area contributed by atoms with E-state index in [4.69, 9.17) is 44.3 Å². The molecule has 0 N–H and O–H groups in total. The number of hydrogen-bond donors (Lipinski definition) is 0. The highest BCUT2D eigenvalue weighted by Crippen LogP contribution is 2.31. The van der Waals surface area contributed by atoms with Gasteiger partial charge in [-0.15, -0.1) is 0 Å². The molecule has 0 spiro atoms. The number of benzene rings is 3. The lowest BCUT2D eigenvalue weighted by molar-refractivity contribution is -0.136. The second-order valence-electron chi connectivity index (χ2n) is 8.72. The van der Waals surface area contributed by atoms with Gasteiger partial charge in [0.15, 0.2) is 4.80 Å². The Morgan fingerprint density at radius 2 is 1.72 bits per heavy atom. The number of carbonyl (C=O) groups excluding carboxylic acids is 1.